The molecule has 0 saturated heterocycles. The predicted octanol–water partition coefficient (Wildman–Crippen LogP) is 5.03. The van der Waals surface area contributed by atoms with Crippen LogP contribution in [0.2, 0.25) is 0 Å². The van der Waals surface area contributed by atoms with Gasteiger partial charge in [-0.25, -0.2) is 0 Å². The molecule has 0 spiro atoms. The first-order valence-electron chi connectivity index (χ1n) is 8.74. The fourth-order valence-electron chi connectivity index (χ4n) is 2.93. The van der Waals surface area contributed by atoms with Gasteiger partial charge in [0.05, 0.1) is 17.7 Å². The number of benzene rings is 3. The summed E-state index contributed by atoms with van der Waals surface area (Å²) in [6.07, 6.45) is -4.37. The topological polar surface area (TPSA) is 49.3 Å². The van der Waals surface area contributed by atoms with Crippen LogP contribution >= 0.6 is 0 Å². The summed E-state index contributed by atoms with van der Waals surface area (Å²) in [5.74, 6) is -0.305. The van der Waals surface area contributed by atoms with Crippen molar-refractivity contribution in [3.8, 4) is 11.1 Å². The third-order valence-corrected chi connectivity index (χ3v) is 4.51. The molecule has 0 heterocycles. The lowest BCUT2D eigenvalue weighted by molar-refractivity contribution is -0.137. The highest BCUT2D eigenvalue weighted by atomic mass is 19.4. The Balaban J connectivity index is 1.97. The molecule has 6 heteroatoms. The maximum atomic E-state index is 12.8. The molecular weight excluding hydrogens is 367 g/mol. The fraction of sp³-hybridized carbons (Fsp3) is 0.227. The highest BCUT2D eigenvalue weighted by Crippen LogP contribution is 2.33. The second-order valence-electron chi connectivity index (χ2n) is 7.31. The summed E-state index contributed by atoms with van der Waals surface area (Å²) in [6, 6.07) is 15.7. The number of alkyl halides is 3. The van der Waals surface area contributed by atoms with Crippen LogP contribution in [0.3, 0.4) is 0 Å². The molecule has 0 fully saturated rings. The van der Waals surface area contributed by atoms with Crippen LogP contribution < -0.4 is 5.32 Å². The van der Waals surface area contributed by atoms with Gasteiger partial charge in [0.25, 0.3) is 5.91 Å². The Morgan fingerprint density at radius 2 is 1.68 bits per heavy atom. The van der Waals surface area contributed by atoms with E-state index in [9.17, 15) is 23.1 Å². The molecule has 2 N–H and O–H groups in total. The van der Waals surface area contributed by atoms with Crippen LogP contribution in [-0.2, 0) is 6.18 Å². The molecule has 0 bridgehead atoms. The van der Waals surface area contributed by atoms with Crippen LogP contribution in [0, 0.1) is 0 Å². The maximum Gasteiger partial charge on any atom is 0.416 e. The average molecular weight is 387 g/mol. The number of carbonyl (C=O) groups is 1. The standard InChI is InChI=1S/C22H20F3NO2/c1-21(2,13-27)26-20(28)16-8-11-19-15(12-16)4-3-5-18(19)14-6-9-17(10-7-14)22(23,24)25/h3-12,27H,13H2,1-2H3,(H,26,28). The predicted molar refractivity (Wildman–Crippen MR) is 103 cm³/mol. The highest BCUT2D eigenvalue weighted by molar-refractivity contribution is 6.02. The molecule has 146 valence electrons. The molecule has 0 radical (unpaired) electrons. The Hall–Kier alpha value is -2.86. The smallest absolute Gasteiger partial charge is 0.394 e. The van der Waals surface area contributed by atoms with Crippen LogP contribution in [0.25, 0.3) is 21.9 Å². The van der Waals surface area contributed by atoms with Gasteiger partial charge < -0.3 is 10.4 Å². The summed E-state index contributed by atoms with van der Waals surface area (Å²) >= 11 is 0. The molecule has 28 heavy (non-hydrogen) atoms. The van der Waals surface area contributed by atoms with Gasteiger partial charge in [-0.05, 0) is 60.0 Å². The third-order valence-electron chi connectivity index (χ3n) is 4.51. The fourth-order valence-corrected chi connectivity index (χ4v) is 2.93. The molecular formula is C22H20F3NO2. The summed E-state index contributed by atoms with van der Waals surface area (Å²) in [4.78, 5) is 12.4. The van der Waals surface area contributed by atoms with Crippen molar-refractivity contribution in [2.45, 2.75) is 25.6 Å². The van der Waals surface area contributed by atoms with E-state index in [4.69, 9.17) is 0 Å². The lowest BCUT2D eigenvalue weighted by Crippen LogP contribution is -2.46. The van der Waals surface area contributed by atoms with Gasteiger partial charge in [0.15, 0.2) is 0 Å². The minimum absolute atomic E-state index is 0.190. The maximum absolute atomic E-state index is 12.8. The van der Waals surface area contributed by atoms with Crippen molar-refractivity contribution in [2.24, 2.45) is 0 Å². The van der Waals surface area contributed by atoms with E-state index in [1.165, 1.54) is 12.1 Å². The SMILES string of the molecule is CC(C)(CO)NC(=O)c1ccc2c(-c3ccc(C(F)(F)F)cc3)cccc2c1. The molecule has 3 aromatic carbocycles. The molecule has 3 rings (SSSR count). The minimum Gasteiger partial charge on any atom is -0.394 e. The number of hydrogen-bond donors (Lipinski definition) is 2. The normalized spacial score (nSPS) is 12.2. The Morgan fingerprint density at radius 1 is 1.00 bits per heavy atom. The second-order valence-corrected chi connectivity index (χ2v) is 7.31. The van der Waals surface area contributed by atoms with Crippen molar-refractivity contribution < 1.29 is 23.1 Å². The lowest BCUT2D eigenvalue weighted by atomic mass is 9.96. The number of aliphatic hydroxyl groups excluding tert-OH is 1. The van der Waals surface area contributed by atoms with Crippen LogP contribution in [0.1, 0.15) is 29.8 Å². The Bertz CT molecular complexity index is 1010. The van der Waals surface area contributed by atoms with Crippen molar-refractivity contribution in [3.63, 3.8) is 0 Å². The average Bonchev–Trinajstić information content (AvgIpc) is 2.66. The summed E-state index contributed by atoms with van der Waals surface area (Å²) in [5.41, 5.74) is 0.459. The van der Waals surface area contributed by atoms with Crippen molar-refractivity contribution in [1.82, 2.24) is 5.32 Å². The van der Waals surface area contributed by atoms with Gasteiger partial charge >= 0.3 is 6.18 Å². The first kappa shape index (κ1) is 19.9. The van der Waals surface area contributed by atoms with Gasteiger partial charge in [-0.2, -0.15) is 13.2 Å². The number of rotatable bonds is 4. The van der Waals surface area contributed by atoms with E-state index >= 15 is 0 Å². The quantitative estimate of drug-likeness (QED) is 0.660. The summed E-state index contributed by atoms with van der Waals surface area (Å²) in [7, 11) is 0. The molecule has 0 atom stereocenters. The summed E-state index contributed by atoms with van der Waals surface area (Å²) in [6.45, 7) is 3.24. The number of hydrogen-bond acceptors (Lipinski definition) is 2. The zero-order valence-electron chi connectivity index (χ0n) is 15.5. The Labute approximate surface area is 160 Å². The van der Waals surface area contributed by atoms with E-state index in [2.05, 4.69) is 5.32 Å². The number of carbonyl (C=O) groups excluding carboxylic acids is 1. The van der Waals surface area contributed by atoms with Gasteiger partial charge in [-0.1, -0.05) is 36.4 Å². The van der Waals surface area contributed by atoms with Gasteiger partial charge in [-0.15, -0.1) is 0 Å². The van der Waals surface area contributed by atoms with Crippen LogP contribution in [-0.4, -0.2) is 23.2 Å². The molecule has 0 unspecified atom stereocenters. The highest BCUT2D eigenvalue weighted by Gasteiger charge is 2.30. The van der Waals surface area contributed by atoms with E-state index < -0.39 is 17.3 Å². The Morgan fingerprint density at radius 3 is 2.29 bits per heavy atom. The first-order valence-corrected chi connectivity index (χ1v) is 8.74. The molecule has 3 nitrogen and oxygen atoms in total. The zero-order valence-corrected chi connectivity index (χ0v) is 15.5. The van der Waals surface area contributed by atoms with Gasteiger partial charge in [-0.3, -0.25) is 4.79 Å². The molecule has 0 saturated carbocycles. The Kier molecular flexibility index (Phi) is 5.17. The zero-order chi connectivity index (χ0) is 20.5. The molecule has 0 aliphatic heterocycles. The van der Waals surface area contributed by atoms with Crippen molar-refractivity contribution in [2.75, 3.05) is 6.61 Å². The largest absolute Gasteiger partial charge is 0.416 e. The molecule has 0 aliphatic rings. The number of aliphatic hydroxyl groups is 1. The number of fused-ring (bicyclic) bond motifs is 1. The van der Waals surface area contributed by atoms with Gasteiger partial charge in [0.2, 0.25) is 0 Å². The monoisotopic (exact) mass is 387 g/mol. The first-order chi connectivity index (χ1) is 13.1. The van der Waals surface area contributed by atoms with E-state index in [1.54, 1.807) is 38.1 Å². The van der Waals surface area contributed by atoms with E-state index in [0.29, 0.717) is 11.1 Å². The number of halogens is 3. The van der Waals surface area contributed by atoms with Crippen molar-refractivity contribution in [1.29, 1.82) is 0 Å². The van der Waals surface area contributed by atoms with Crippen LogP contribution in [0.15, 0.2) is 60.7 Å². The minimum atomic E-state index is -4.37. The third kappa shape index (κ3) is 4.17. The molecule has 0 aliphatic carbocycles. The summed E-state index contributed by atoms with van der Waals surface area (Å²) in [5, 5.41) is 13.7. The van der Waals surface area contributed by atoms with Crippen LogP contribution in [0.4, 0.5) is 13.2 Å². The van der Waals surface area contributed by atoms with Crippen LogP contribution in [0.5, 0.6) is 0 Å². The van der Waals surface area contributed by atoms with Crippen molar-refractivity contribution >= 4 is 16.7 Å². The van der Waals surface area contributed by atoms with E-state index in [-0.39, 0.29) is 12.5 Å². The second kappa shape index (κ2) is 7.28. The van der Waals surface area contributed by atoms with Gasteiger partial charge in [0.1, 0.15) is 0 Å². The lowest BCUT2D eigenvalue weighted by Gasteiger charge is -2.23. The molecule has 1 amide bonds. The molecule has 0 aromatic heterocycles. The van der Waals surface area contributed by atoms with Crippen molar-refractivity contribution in [3.05, 3.63) is 71.8 Å². The number of amides is 1. The van der Waals surface area contributed by atoms with E-state index in [1.807, 2.05) is 12.1 Å². The summed E-state index contributed by atoms with van der Waals surface area (Å²) < 4.78 is 38.4. The van der Waals surface area contributed by atoms with E-state index in [0.717, 1.165) is 28.5 Å². The number of nitrogens with one attached hydrogen (secondary N) is 1. The van der Waals surface area contributed by atoms with Gasteiger partial charge in [0, 0.05) is 5.56 Å². The molecule has 3 aromatic rings.